The lowest BCUT2D eigenvalue weighted by molar-refractivity contribution is 0.660. The monoisotopic (exact) mass is 577 g/mol. The van der Waals surface area contributed by atoms with Gasteiger partial charge < -0.3 is 9.32 Å². The summed E-state index contributed by atoms with van der Waals surface area (Å²) >= 11 is 0. The Balaban J connectivity index is 1.28. The number of furan rings is 1. The molecule has 0 saturated carbocycles. The van der Waals surface area contributed by atoms with Gasteiger partial charge in [0.15, 0.2) is 0 Å². The van der Waals surface area contributed by atoms with E-state index in [0.29, 0.717) is 0 Å². The van der Waals surface area contributed by atoms with E-state index >= 15 is 0 Å². The molecule has 0 unspecified atom stereocenters. The number of hydrogen-bond donors (Lipinski definition) is 0. The van der Waals surface area contributed by atoms with Gasteiger partial charge in [-0.15, -0.1) is 0 Å². The van der Waals surface area contributed by atoms with Crippen molar-refractivity contribution in [1.82, 2.24) is 0 Å². The molecule has 8 aromatic rings. The van der Waals surface area contributed by atoms with Crippen molar-refractivity contribution in [2.24, 2.45) is 0 Å². The minimum atomic E-state index is -0.0427. The molecule has 7 aromatic carbocycles. The second-order valence-electron chi connectivity index (χ2n) is 12.6. The molecule has 45 heavy (non-hydrogen) atoms. The Morgan fingerprint density at radius 2 is 1.11 bits per heavy atom. The lowest BCUT2D eigenvalue weighted by Crippen LogP contribution is -2.15. The molecule has 9 rings (SSSR count). The van der Waals surface area contributed by atoms with Crippen LogP contribution in [-0.2, 0) is 5.41 Å². The van der Waals surface area contributed by atoms with Crippen LogP contribution in [0.1, 0.15) is 25.0 Å². The van der Waals surface area contributed by atoms with Crippen LogP contribution in [0, 0.1) is 0 Å². The summed E-state index contributed by atoms with van der Waals surface area (Å²) < 4.78 is 6.48. The van der Waals surface area contributed by atoms with Gasteiger partial charge >= 0.3 is 0 Å². The Labute approximate surface area is 262 Å². The van der Waals surface area contributed by atoms with E-state index in [1.807, 2.05) is 6.07 Å². The average Bonchev–Trinajstić information content (AvgIpc) is 3.58. The summed E-state index contributed by atoms with van der Waals surface area (Å²) in [5.74, 6) is 0. The molecular weight excluding hydrogens is 546 g/mol. The highest BCUT2D eigenvalue weighted by atomic mass is 16.3. The van der Waals surface area contributed by atoms with Crippen molar-refractivity contribution in [2.75, 3.05) is 4.90 Å². The zero-order chi connectivity index (χ0) is 30.1. The van der Waals surface area contributed by atoms with Crippen molar-refractivity contribution in [1.29, 1.82) is 0 Å². The quantitative estimate of drug-likeness (QED) is 0.207. The van der Waals surface area contributed by atoms with Crippen LogP contribution in [0.2, 0.25) is 0 Å². The lowest BCUT2D eigenvalue weighted by atomic mass is 9.82. The fourth-order valence-corrected chi connectivity index (χ4v) is 7.43. The first-order valence-corrected chi connectivity index (χ1v) is 15.6. The number of nitrogens with zero attached hydrogens (tertiary/aromatic N) is 1. The van der Waals surface area contributed by atoms with Crippen molar-refractivity contribution in [3.05, 3.63) is 163 Å². The third-order valence-corrected chi connectivity index (χ3v) is 9.68. The van der Waals surface area contributed by atoms with E-state index in [2.05, 4.69) is 164 Å². The molecule has 1 aromatic heterocycles. The first kappa shape index (κ1) is 25.9. The molecule has 0 fully saturated rings. The van der Waals surface area contributed by atoms with Crippen LogP contribution in [-0.4, -0.2) is 0 Å². The predicted octanol–water partition coefficient (Wildman–Crippen LogP) is 12.2. The molecule has 2 nitrogen and oxygen atoms in total. The van der Waals surface area contributed by atoms with Gasteiger partial charge in [0.05, 0.1) is 5.69 Å². The SMILES string of the molecule is CC1(C)c2ccccc2-c2cc(N(c3ccc(-c4ccccc4)cc3)c3cccc4c3ccc3c5ccccc5oc43)ccc21. The number of anilines is 3. The van der Waals surface area contributed by atoms with Gasteiger partial charge in [0, 0.05) is 38.3 Å². The summed E-state index contributed by atoms with van der Waals surface area (Å²) in [6, 6.07) is 54.7. The molecule has 1 heterocycles. The van der Waals surface area contributed by atoms with Gasteiger partial charge in [-0.1, -0.05) is 123 Å². The van der Waals surface area contributed by atoms with Gasteiger partial charge in [-0.3, -0.25) is 0 Å². The molecule has 0 bridgehead atoms. The van der Waals surface area contributed by atoms with Crippen molar-refractivity contribution in [2.45, 2.75) is 19.3 Å². The van der Waals surface area contributed by atoms with E-state index in [1.54, 1.807) is 0 Å². The summed E-state index contributed by atoms with van der Waals surface area (Å²) in [4.78, 5) is 2.40. The van der Waals surface area contributed by atoms with Crippen molar-refractivity contribution < 1.29 is 4.42 Å². The zero-order valence-corrected chi connectivity index (χ0v) is 25.3. The molecule has 1 aliphatic rings. The predicted molar refractivity (Wildman–Crippen MR) is 189 cm³/mol. The first-order valence-electron chi connectivity index (χ1n) is 15.6. The molecule has 0 spiro atoms. The van der Waals surface area contributed by atoms with E-state index < -0.39 is 0 Å². The number of rotatable bonds is 4. The number of para-hydroxylation sites is 1. The Hall–Kier alpha value is -5.60. The maximum Gasteiger partial charge on any atom is 0.143 e. The summed E-state index contributed by atoms with van der Waals surface area (Å²) in [6.45, 7) is 4.67. The molecule has 2 heteroatoms. The van der Waals surface area contributed by atoms with E-state index in [-0.39, 0.29) is 5.41 Å². The molecule has 0 aliphatic heterocycles. The van der Waals surface area contributed by atoms with Crippen LogP contribution < -0.4 is 4.90 Å². The van der Waals surface area contributed by atoms with Crippen LogP contribution in [0.3, 0.4) is 0 Å². The van der Waals surface area contributed by atoms with E-state index in [4.69, 9.17) is 4.42 Å². The zero-order valence-electron chi connectivity index (χ0n) is 25.3. The highest BCUT2D eigenvalue weighted by Crippen LogP contribution is 2.51. The Morgan fingerprint density at radius 3 is 1.98 bits per heavy atom. The van der Waals surface area contributed by atoms with E-state index in [1.165, 1.54) is 33.4 Å². The summed E-state index contributed by atoms with van der Waals surface area (Å²) in [5, 5.41) is 4.55. The van der Waals surface area contributed by atoms with Gasteiger partial charge in [-0.05, 0) is 75.8 Å². The molecule has 0 radical (unpaired) electrons. The van der Waals surface area contributed by atoms with Crippen molar-refractivity contribution in [3.63, 3.8) is 0 Å². The van der Waals surface area contributed by atoms with Gasteiger partial charge in [0.2, 0.25) is 0 Å². The molecule has 0 atom stereocenters. The summed E-state index contributed by atoms with van der Waals surface area (Å²) in [5.41, 5.74) is 12.9. The lowest BCUT2D eigenvalue weighted by Gasteiger charge is -2.28. The van der Waals surface area contributed by atoms with Crippen molar-refractivity contribution in [3.8, 4) is 22.3 Å². The normalized spacial score (nSPS) is 13.3. The molecular formula is C43H31NO. The van der Waals surface area contributed by atoms with Crippen LogP contribution in [0.25, 0.3) is 55.0 Å². The Kier molecular flexibility index (Phi) is 5.58. The molecule has 1 aliphatic carbocycles. The Morgan fingerprint density at radius 1 is 0.467 bits per heavy atom. The van der Waals surface area contributed by atoms with Crippen LogP contribution in [0.15, 0.2) is 156 Å². The third-order valence-electron chi connectivity index (χ3n) is 9.68. The second-order valence-corrected chi connectivity index (χ2v) is 12.6. The van der Waals surface area contributed by atoms with Gasteiger partial charge in [-0.2, -0.15) is 0 Å². The Bertz CT molecular complexity index is 2400. The van der Waals surface area contributed by atoms with Crippen LogP contribution >= 0.6 is 0 Å². The van der Waals surface area contributed by atoms with Crippen molar-refractivity contribution >= 4 is 49.8 Å². The molecule has 214 valence electrons. The fourth-order valence-electron chi connectivity index (χ4n) is 7.43. The number of fused-ring (bicyclic) bond motifs is 8. The van der Waals surface area contributed by atoms with Gasteiger partial charge in [-0.25, -0.2) is 0 Å². The molecule has 0 N–H and O–H groups in total. The van der Waals surface area contributed by atoms with Gasteiger partial charge in [0.25, 0.3) is 0 Å². The molecule has 0 amide bonds. The third kappa shape index (κ3) is 3.89. The number of hydrogen-bond acceptors (Lipinski definition) is 2. The summed E-state index contributed by atoms with van der Waals surface area (Å²) in [6.07, 6.45) is 0. The smallest absolute Gasteiger partial charge is 0.143 e. The standard InChI is InChI=1S/C43H31NO/c1-43(2)38-16-8-6-13-32(38)37-27-31(23-26-39(37)43)44(30-21-19-29(20-22-30)28-11-4-3-5-12-28)40-17-10-15-35-33(40)24-25-36-34-14-7-9-18-41(34)45-42(35)36/h3-27H,1-2H3. The highest BCUT2D eigenvalue weighted by molar-refractivity contribution is 6.17. The minimum Gasteiger partial charge on any atom is -0.455 e. The first-order chi connectivity index (χ1) is 22.1. The van der Waals surface area contributed by atoms with E-state index in [9.17, 15) is 0 Å². The second kappa shape index (κ2) is 9.70. The number of benzene rings is 7. The van der Waals surface area contributed by atoms with Crippen LogP contribution in [0.4, 0.5) is 17.1 Å². The minimum absolute atomic E-state index is 0.0427. The van der Waals surface area contributed by atoms with Gasteiger partial charge in [0.1, 0.15) is 11.2 Å². The average molecular weight is 578 g/mol. The topological polar surface area (TPSA) is 16.4 Å². The summed E-state index contributed by atoms with van der Waals surface area (Å²) in [7, 11) is 0. The van der Waals surface area contributed by atoms with Crippen LogP contribution in [0.5, 0.6) is 0 Å². The van der Waals surface area contributed by atoms with E-state index in [0.717, 1.165) is 49.8 Å². The molecule has 0 saturated heterocycles. The maximum atomic E-state index is 6.48. The fraction of sp³-hybridized carbons (Fsp3) is 0.0698. The highest BCUT2D eigenvalue weighted by Gasteiger charge is 2.35. The maximum absolute atomic E-state index is 6.48. The largest absolute Gasteiger partial charge is 0.455 e.